The van der Waals surface area contributed by atoms with Crippen LogP contribution in [0.1, 0.15) is 30.1 Å². The molecule has 7 heteroatoms. The van der Waals surface area contributed by atoms with Gasteiger partial charge in [0.1, 0.15) is 24.2 Å². The van der Waals surface area contributed by atoms with Gasteiger partial charge in [0.05, 0.1) is 0 Å². The van der Waals surface area contributed by atoms with Gasteiger partial charge in [-0.25, -0.2) is 14.1 Å². The largest absolute Gasteiger partial charge is 0.336 e. The molecule has 1 amide bonds. The fraction of sp³-hybridized carbons (Fsp3) is 0.400. The van der Waals surface area contributed by atoms with Crippen LogP contribution in [0.5, 0.6) is 0 Å². The Bertz CT molecular complexity index is 673. The van der Waals surface area contributed by atoms with E-state index in [9.17, 15) is 9.18 Å². The van der Waals surface area contributed by atoms with Gasteiger partial charge >= 0.3 is 0 Å². The summed E-state index contributed by atoms with van der Waals surface area (Å²) in [4.78, 5) is 18.1. The summed E-state index contributed by atoms with van der Waals surface area (Å²) in [5.74, 6) is -0.666. The summed E-state index contributed by atoms with van der Waals surface area (Å²) in [6, 6.07) is 4.60. The average Bonchev–Trinajstić information content (AvgIpc) is 3.00. The van der Waals surface area contributed by atoms with Crippen LogP contribution in [0.15, 0.2) is 30.9 Å². The summed E-state index contributed by atoms with van der Waals surface area (Å²) in [7, 11) is 0. The van der Waals surface area contributed by atoms with Crippen molar-refractivity contribution >= 4 is 5.91 Å². The van der Waals surface area contributed by atoms with E-state index in [1.165, 1.54) is 29.5 Å². The molecule has 0 spiro atoms. The normalized spacial score (nSPS) is 21.9. The molecular weight excluding hydrogens is 285 g/mol. The van der Waals surface area contributed by atoms with Crippen LogP contribution in [0.25, 0.3) is 5.69 Å². The molecule has 6 nitrogen and oxygen atoms in total. The minimum Gasteiger partial charge on any atom is -0.336 e. The van der Waals surface area contributed by atoms with Crippen LogP contribution in [0.3, 0.4) is 0 Å². The summed E-state index contributed by atoms with van der Waals surface area (Å²) in [6.45, 7) is 2.57. The molecule has 2 N–H and O–H groups in total. The van der Waals surface area contributed by atoms with Crippen molar-refractivity contribution in [1.82, 2.24) is 19.7 Å². The van der Waals surface area contributed by atoms with Crippen molar-refractivity contribution in [2.24, 2.45) is 5.73 Å². The van der Waals surface area contributed by atoms with Crippen molar-refractivity contribution in [2.75, 3.05) is 6.54 Å². The van der Waals surface area contributed by atoms with E-state index in [4.69, 9.17) is 5.73 Å². The van der Waals surface area contributed by atoms with Crippen LogP contribution in [0.4, 0.5) is 4.39 Å². The Hall–Kier alpha value is -2.28. The van der Waals surface area contributed by atoms with E-state index in [1.54, 1.807) is 11.0 Å². The molecule has 1 aliphatic rings. The molecule has 0 radical (unpaired) electrons. The molecule has 22 heavy (non-hydrogen) atoms. The molecule has 0 bridgehead atoms. The molecule has 2 aromatic rings. The number of rotatable bonds is 2. The highest BCUT2D eigenvalue weighted by molar-refractivity contribution is 5.94. The number of carbonyl (C=O) groups excluding carboxylic acids is 1. The van der Waals surface area contributed by atoms with Gasteiger partial charge < -0.3 is 10.6 Å². The Morgan fingerprint density at radius 3 is 2.91 bits per heavy atom. The van der Waals surface area contributed by atoms with E-state index in [1.807, 2.05) is 6.92 Å². The maximum Gasteiger partial charge on any atom is 0.254 e. The number of hydrogen-bond donors (Lipinski definition) is 1. The Labute approximate surface area is 127 Å². The molecule has 2 atom stereocenters. The number of amides is 1. The lowest BCUT2D eigenvalue weighted by atomic mass is 9.98. The minimum atomic E-state index is -0.502. The molecule has 1 aromatic carbocycles. The van der Waals surface area contributed by atoms with Crippen LogP contribution in [0.2, 0.25) is 0 Å². The van der Waals surface area contributed by atoms with Crippen molar-refractivity contribution in [3.63, 3.8) is 0 Å². The lowest BCUT2D eigenvalue weighted by Gasteiger charge is -2.36. The van der Waals surface area contributed by atoms with Gasteiger partial charge in [0.25, 0.3) is 5.91 Å². The van der Waals surface area contributed by atoms with Crippen LogP contribution in [0, 0.1) is 5.82 Å². The van der Waals surface area contributed by atoms with Gasteiger partial charge in [-0.15, -0.1) is 0 Å². The number of nitrogens with two attached hydrogens (primary N) is 1. The summed E-state index contributed by atoms with van der Waals surface area (Å²) in [5.41, 5.74) is 6.51. The molecule has 3 rings (SSSR count). The van der Waals surface area contributed by atoms with Gasteiger partial charge in [0.2, 0.25) is 0 Å². The van der Waals surface area contributed by atoms with E-state index >= 15 is 0 Å². The molecule has 2 heterocycles. The van der Waals surface area contributed by atoms with Crippen LogP contribution in [-0.4, -0.2) is 44.2 Å². The first-order valence-electron chi connectivity index (χ1n) is 7.27. The number of halogens is 1. The fourth-order valence-electron chi connectivity index (χ4n) is 2.83. The zero-order valence-electron chi connectivity index (χ0n) is 12.3. The maximum atomic E-state index is 14.2. The summed E-state index contributed by atoms with van der Waals surface area (Å²) in [6.07, 6.45) is 4.28. The fourth-order valence-corrected chi connectivity index (χ4v) is 2.83. The number of benzene rings is 1. The molecular formula is C15H18FN5O. The molecule has 0 aliphatic carbocycles. The highest BCUT2D eigenvalue weighted by Gasteiger charge is 2.28. The van der Waals surface area contributed by atoms with Crippen molar-refractivity contribution in [3.8, 4) is 5.69 Å². The summed E-state index contributed by atoms with van der Waals surface area (Å²) in [5, 5.41) is 3.89. The van der Waals surface area contributed by atoms with E-state index in [-0.39, 0.29) is 23.7 Å². The van der Waals surface area contributed by atoms with Crippen molar-refractivity contribution in [1.29, 1.82) is 0 Å². The van der Waals surface area contributed by atoms with Gasteiger partial charge in [-0.1, -0.05) is 0 Å². The van der Waals surface area contributed by atoms with Gasteiger partial charge in [0, 0.05) is 24.2 Å². The topological polar surface area (TPSA) is 77.0 Å². The van der Waals surface area contributed by atoms with Crippen molar-refractivity contribution < 1.29 is 9.18 Å². The van der Waals surface area contributed by atoms with Crippen molar-refractivity contribution in [3.05, 3.63) is 42.2 Å². The quantitative estimate of drug-likeness (QED) is 0.908. The number of carbonyl (C=O) groups is 1. The van der Waals surface area contributed by atoms with E-state index in [0.717, 1.165) is 12.8 Å². The Kier molecular flexibility index (Phi) is 3.89. The lowest BCUT2D eigenvalue weighted by Crippen LogP contribution is -2.48. The zero-order chi connectivity index (χ0) is 15.7. The first-order chi connectivity index (χ1) is 10.6. The molecule has 1 aliphatic heterocycles. The lowest BCUT2D eigenvalue weighted by molar-refractivity contribution is 0.0618. The predicted molar refractivity (Wildman–Crippen MR) is 79.0 cm³/mol. The second-order valence-electron chi connectivity index (χ2n) is 5.64. The Morgan fingerprint density at radius 2 is 2.27 bits per heavy atom. The number of likely N-dealkylation sites (tertiary alicyclic amines) is 1. The first-order valence-corrected chi connectivity index (χ1v) is 7.27. The van der Waals surface area contributed by atoms with Crippen LogP contribution < -0.4 is 5.73 Å². The zero-order valence-corrected chi connectivity index (χ0v) is 12.3. The molecule has 0 saturated carbocycles. The van der Waals surface area contributed by atoms with Gasteiger partial charge in [0.15, 0.2) is 0 Å². The third kappa shape index (κ3) is 2.71. The Morgan fingerprint density at radius 1 is 1.45 bits per heavy atom. The number of piperidine rings is 1. The second-order valence-corrected chi connectivity index (χ2v) is 5.64. The summed E-state index contributed by atoms with van der Waals surface area (Å²) < 4.78 is 15.5. The SMILES string of the molecule is C[C@H]1C[C@H](N)CCN1C(=O)c1ccc(-n2cncn2)c(F)c1. The van der Waals surface area contributed by atoms with Crippen molar-refractivity contribution in [2.45, 2.75) is 31.8 Å². The molecule has 1 aromatic heterocycles. The third-order valence-electron chi connectivity index (χ3n) is 4.04. The molecule has 1 saturated heterocycles. The predicted octanol–water partition coefficient (Wildman–Crippen LogP) is 1.36. The van der Waals surface area contributed by atoms with Crippen LogP contribution >= 0.6 is 0 Å². The highest BCUT2D eigenvalue weighted by atomic mass is 19.1. The number of hydrogen-bond acceptors (Lipinski definition) is 4. The van der Waals surface area contributed by atoms with Gasteiger partial charge in [-0.3, -0.25) is 4.79 Å². The second kappa shape index (κ2) is 5.84. The van der Waals surface area contributed by atoms with Crippen LogP contribution in [-0.2, 0) is 0 Å². The minimum absolute atomic E-state index is 0.0642. The Balaban J connectivity index is 1.83. The smallest absolute Gasteiger partial charge is 0.254 e. The van der Waals surface area contributed by atoms with Gasteiger partial charge in [-0.2, -0.15) is 5.10 Å². The monoisotopic (exact) mass is 303 g/mol. The average molecular weight is 303 g/mol. The summed E-state index contributed by atoms with van der Waals surface area (Å²) >= 11 is 0. The molecule has 116 valence electrons. The molecule has 1 fully saturated rings. The van der Waals surface area contributed by atoms with E-state index < -0.39 is 5.82 Å². The number of aromatic nitrogens is 3. The molecule has 0 unspecified atom stereocenters. The van der Waals surface area contributed by atoms with E-state index in [0.29, 0.717) is 12.1 Å². The van der Waals surface area contributed by atoms with E-state index in [2.05, 4.69) is 10.1 Å². The number of nitrogens with zero attached hydrogens (tertiary/aromatic N) is 4. The first kappa shape index (κ1) is 14.6. The standard InChI is InChI=1S/C15H18FN5O/c1-10-6-12(17)4-5-20(10)15(22)11-2-3-14(13(16)7-11)21-9-18-8-19-21/h2-3,7-10,12H,4-6,17H2,1H3/t10-,12+/m0/s1. The maximum absolute atomic E-state index is 14.2. The highest BCUT2D eigenvalue weighted by Crippen LogP contribution is 2.21. The van der Waals surface area contributed by atoms with Gasteiger partial charge in [-0.05, 0) is 38.0 Å². The third-order valence-corrected chi connectivity index (χ3v) is 4.04.